The Morgan fingerprint density at radius 2 is 1.24 bits per heavy atom. The van der Waals surface area contributed by atoms with Crippen molar-refractivity contribution in [3.05, 3.63) is 60.2 Å². The highest BCUT2D eigenvalue weighted by Crippen LogP contribution is 2.38. The summed E-state index contributed by atoms with van der Waals surface area (Å²) in [6.45, 7) is 5.66. The highest BCUT2D eigenvalue weighted by Gasteiger charge is 2.18. The van der Waals surface area contributed by atoms with Gasteiger partial charge in [0, 0.05) is 18.8 Å². The lowest BCUT2D eigenvalue weighted by Gasteiger charge is -2.21. The van der Waals surface area contributed by atoms with Crippen molar-refractivity contribution in [1.29, 1.82) is 0 Å². The summed E-state index contributed by atoms with van der Waals surface area (Å²) in [6, 6.07) is 19.7. The molecule has 0 atom stereocenters. The van der Waals surface area contributed by atoms with Crippen LogP contribution in [0.25, 0.3) is 32.3 Å². The molecule has 4 aromatic rings. The van der Waals surface area contributed by atoms with Gasteiger partial charge in [-0.15, -0.1) is 0 Å². The predicted molar refractivity (Wildman–Crippen MR) is 105 cm³/mol. The molecule has 0 amide bonds. The van der Waals surface area contributed by atoms with Gasteiger partial charge in [-0.2, -0.15) is 0 Å². The van der Waals surface area contributed by atoms with Crippen LogP contribution in [0.2, 0.25) is 0 Å². The van der Waals surface area contributed by atoms with Crippen LogP contribution in [-0.2, 0) is 9.47 Å². The molecular formula is C23H24O2. The molecule has 0 aromatic heterocycles. The van der Waals surface area contributed by atoms with Crippen LogP contribution in [0.3, 0.4) is 0 Å². The monoisotopic (exact) mass is 332 g/mol. The molecule has 0 radical (unpaired) electrons. The minimum Gasteiger partial charge on any atom is -0.348 e. The SMILES string of the molecule is CCCOC(OCCC)c1ccc2ccc3cccc4ccc1c2c34. The molecule has 4 aromatic carbocycles. The molecular weight excluding hydrogens is 308 g/mol. The topological polar surface area (TPSA) is 18.5 Å². The van der Waals surface area contributed by atoms with E-state index in [0.29, 0.717) is 13.2 Å². The Labute approximate surface area is 148 Å². The fourth-order valence-electron chi connectivity index (χ4n) is 3.64. The van der Waals surface area contributed by atoms with Crippen LogP contribution < -0.4 is 0 Å². The van der Waals surface area contributed by atoms with Crippen molar-refractivity contribution in [2.75, 3.05) is 13.2 Å². The molecule has 0 unspecified atom stereocenters. The van der Waals surface area contributed by atoms with E-state index in [0.717, 1.165) is 18.4 Å². The standard InChI is InChI=1S/C23H24O2/c1-3-14-24-23(25-15-4-2)20-13-11-18-9-8-16-6-5-7-17-10-12-19(20)22(18)21(16)17/h5-13,23H,3-4,14-15H2,1-2H3. The van der Waals surface area contributed by atoms with E-state index in [1.807, 2.05) is 0 Å². The molecule has 0 aliphatic rings. The van der Waals surface area contributed by atoms with E-state index in [9.17, 15) is 0 Å². The summed E-state index contributed by atoms with van der Waals surface area (Å²) in [5.41, 5.74) is 1.13. The second-order valence-electron chi connectivity index (χ2n) is 6.58. The Bertz CT molecular complexity index is 966. The first-order chi connectivity index (χ1) is 12.3. The molecule has 2 heteroatoms. The van der Waals surface area contributed by atoms with Crippen molar-refractivity contribution in [2.45, 2.75) is 33.0 Å². The van der Waals surface area contributed by atoms with E-state index in [-0.39, 0.29) is 6.29 Å². The number of hydrogen-bond donors (Lipinski definition) is 0. The Morgan fingerprint density at radius 3 is 1.88 bits per heavy atom. The second-order valence-corrected chi connectivity index (χ2v) is 6.58. The average molecular weight is 332 g/mol. The summed E-state index contributed by atoms with van der Waals surface area (Å²) >= 11 is 0. The van der Waals surface area contributed by atoms with Gasteiger partial charge in [-0.25, -0.2) is 0 Å². The number of ether oxygens (including phenoxy) is 2. The first-order valence-electron chi connectivity index (χ1n) is 9.23. The first kappa shape index (κ1) is 16.3. The fourth-order valence-corrected chi connectivity index (χ4v) is 3.64. The van der Waals surface area contributed by atoms with E-state index in [2.05, 4.69) is 68.4 Å². The Morgan fingerprint density at radius 1 is 0.680 bits per heavy atom. The van der Waals surface area contributed by atoms with E-state index in [1.165, 1.54) is 32.3 Å². The molecule has 0 aliphatic heterocycles. The fraction of sp³-hybridized carbons (Fsp3) is 0.304. The quantitative estimate of drug-likeness (QED) is 0.286. The maximum Gasteiger partial charge on any atom is 0.184 e. The number of benzene rings is 4. The maximum atomic E-state index is 6.05. The Kier molecular flexibility index (Phi) is 4.56. The third-order valence-corrected chi connectivity index (χ3v) is 4.76. The summed E-state index contributed by atoms with van der Waals surface area (Å²) in [5, 5.41) is 7.73. The second kappa shape index (κ2) is 6.99. The third-order valence-electron chi connectivity index (χ3n) is 4.76. The van der Waals surface area contributed by atoms with Crippen LogP contribution in [0.15, 0.2) is 54.6 Å². The van der Waals surface area contributed by atoms with Gasteiger partial charge in [0.15, 0.2) is 6.29 Å². The molecule has 0 N–H and O–H groups in total. The molecule has 0 spiro atoms. The maximum absolute atomic E-state index is 6.05. The minimum absolute atomic E-state index is 0.301. The third kappa shape index (κ3) is 2.86. The highest BCUT2D eigenvalue weighted by molar-refractivity contribution is 6.23. The van der Waals surface area contributed by atoms with Crippen molar-refractivity contribution < 1.29 is 9.47 Å². The van der Waals surface area contributed by atoms with Crippen LogP contribution in [-0.4, -0.2) is 13.2 Å². The van der Waals surface area contributed by atoms with Crippen molar-refractivity contribution in [1.82, 2.24) is 0 Å². The molecule has 128 valence electrons. The molecule has 0 bridgehead atoms. The van der Waals surface area contributed by atoms with Gasteiger partial charge in [-0.3, -0.25) is 0 Å². The zero-order valence-corrected chi connectivity index (χ0v) is 14.9. The van der Waals surface area contributed by atoms with Gasteiger partial charge in [0.05, 0.1) is 0 Å². The highest BCUT2D eigenvalue weighted by atomic mass is 16.7. The molecule has 0 fully saturated rings. The summed E-state index contributed by atoms with van der Waals surface area (Å²) < 4.78 is 12.1. The Balaban J connectivity index is 1.94. The summed E-state index contributed by atoms with van der Waals surface area (Å²) in [6.07, 6.45) is 1.67. The number of rotatable bonds is 7. The van der Waals surface area contributed by atoms with Crippen molar-refractivity contribution in [2.24, 2.45) is 0 Å². The predicted octanol–water partition coefficient (Wildman–Crippen LogP) is 6.44. The largest absolute Gasteiger partial charge is 0.348 e. The minimum atomic E-state index is -0.301. The van der Waals surface area contributed by atoms with Crippen LogP contribution in [0.4, 0.5) is 0 Å². The lowest BCUT2D eigenvalue weighted by molar-refractivity contribution is -0.145. The lowest BCUT2D eigenvalue weighted by atomic mass is 9.92. The van der Waals surface area contributed by atoms with Gasteiger partial charge in [0.1, 0.15) is 0 Å². The van der Waals surface area contributed by atoms with Crippen LogP contribution >= 0.6 is 0 Å². The zero-order valence-electron chi connectivity index (χ0n) is 14.9. The number of hydrogen-bond acceptors (Lipinski definition) is 2. The van der Waals surface area contributed by atoms with Crippen molar-refractivity contribution in [3.63, 3.8) is 0 Å². The van der Waals surface area contributed by atoms with Gasteiger partial charge < -0.3 is 9.47 Å². The molecule has 0 saturated heterocycles. The molecule has 2 nitrogen and oxygen atoms in total. The van der Waals surface area contributed by atoms with Gasteiger partial charge in [-0.05, 0) is 45.2 Å². The smallest absolute Gasteiger partial charge is 0.184 e. The average Bonchev–Trinajstić information content (AvgIpc) is 2.66. The Hall–Kier alpha value is -2.16. The van der Waals surface area contributed by atoms with E-state index < -0.39 is 0 Å². The normalized spacial score (nSPS) is 12.1. The van der Waals surface area contributed by atoms with Gasteiger partial charge in [0.25, 0.3) is 0 Å². The lowest BCUT2D eigenvalue weighted by Crippen LogP contribution is -2.11. The summed E-state index contributed by atoms with van der Waals surface area (Å²) in [7, 11) is 0. The summed E-state index contributed by atoms with van der Waals surface area (Å²) in [5.74, 6) is 0. The van der Waals surface area contributed by atoms with Gasteiger partial charge in [-0.1, -0.05) is 68.4 Å². The van der Waals surface area contributed by atoms with Crippen LogP contribution in [0.5, 0.6) is 0 Å². The van der Waals surface area contributed by atoms with Crippen LogP contribution in [0.1, 0.15) is 38.5 Å². The van der Waals surface area contributed by atoms with Gasteiger partial charge in [0.2, 0.25) is 0 Å². The van der Waals surface area contributed by atoms with E-state index in [1.54, 1.807) is 0 Å². The van der Waals surface area contributed by atoms with Crippen molar-refractivity contribution in [3.8, 4) is 0 Å². The molecule has 0 saturated carbocycles. The molecule has 4 rings (SSSR count). The van der Waals surface area contributed by atoms with E-state index in [4.69, 9.17) is 9.47 Å². The van der Waals surface area contributed by atoms with Gasteiger partial charge >= 0.3 is 0 Å². The van der Waals surface area contributed by atoms with Crippen molar-refractivity contribution >= 4 is 32.3 Å². The molecule has 0 heterocycles. The van der Waals surface area contributed by atoms with E-state index >= 15 is 0 Å². The zero-order chi connectivity index (χ0) is 17.2. The first-order valence-corrected chi connectivity index (χ1v) is 9.23. The molecule has 0 aliphatic carbocycles. The summed E-state index contributed by atoms with van der Waals surface area (Å²) in [4.78, 5) is 0. The van der Waals surface area contributed by atoms with Crippen LogP contribution in [0, 0.1) is 0 Å². The molecule has 25 heavy (non-hydrogen) atoms.